The third kappa shape index (κ3) is 7.25. The number of unbranched alkanes of at least 4 members (excludes halogenated alkanes) is 1. The van der Waals surface area contributed by atoms with Crippen LogP contribution in [0.1, 0.15) is 26.2 Å². The molecular formula is C13H29N3O2S. The van der Waals surface area contributed by atoms with E-state index in [0.717, 1.165) is 58.7 Å². The van der Waals surface area contributed by atoms with Gasteiger partial charge in [0.25, 0.3) is 0 Å². The molecule has 1 rings (SSSR count). The molecule has 6 heteroatoms. The summed E-state index contributed by atoms with van der Waals surface area (Å²) in [7, 11) is -2.79. The highest BCUT2D eigenvalue weighted by Gasteiger charge is 2.16. The van der Waals surface area contributed by atoms with E-state index in [0.29, 0.717) is 5.75 Å². The first-order valence-electron chi connectivity index (χ1n) is 7.42. The molecular weight excluding hydrogens is 262 g/mol. The molecule has 0 amide bonds. The van der Waals surface area contributed by atoms with E-state index in [4.69, 9.17) is 5.73 Å². The highest BCUT2D eigenvalue weighted by Crippen LogP contribution is 2.05. The van der Waals surface area contributed by atoms with Gasteiger partial charge in [0.2, 0.25) is 0 Å². The van der Waals surface area contributed by atoms with Gasteiger partial charge in [-0.3, -0.25) is 0 Å². The SMILES string of the molecule is CCS(=O)(=O)CCCN1CCN(CCCCN)CC1. The minimum atomic E-state index is -2.79. The van der Waals surface area contributed by atoms with Gasteiger partial charge in [-0.25, -0.2) is 8.42 Å². The average molecular weight is 291 g/mol. The third-order valence-corrected chi connectivity index (χ3v) is 5.55. The molecule has 1 heterocycles. The minimum absolute atomic E-state index is 0.266. The molecule has 0 atom stereocenters. The minimum Gasteiger partial charge on any atom is -0.330 e. The van der Waals surface area contributed by atoms with Gasteiger partial charge in [-0.1, -0.05) is 6.92 Å². The van der Waals surface area contributed by atoms with Crippen molar-refractivity contribution >= 4 is 9.84 Å². The van der Waals surface area contributed by atoms with Crippen molar-refractivity contribution in [3.8, 4) is 0 Å². The summed E-state index contributed by atoms with van der Waals surface area (Å²) >= 11 is 0. The Morgan fingerprint density at radius 1 is 0.947 bits per heavy atom. The van der Waals surface area contributed by atoms with Crippen LogP contribution in [0.2, 0.25) is 0 Å². The molecule has 1 fully saturated rings. The second-order valence-electron chi connectivity index (χ2n) is 5.27. The zero-order chi connectivity index (χ0) is 14.1. The quantitative estimate of drug-likeness (QED) is 0.613. The Labute approximate surface area is 118 Å². The van der Waals surface area contributed by atoms with Gasteiger partial charge in [0, 0.05) is 31.9 Å². The van der Waals surface area contributed by atoms with Crippen LogP contribution in [-0.4, -0.2) is 75.5 Å². The smallest absolute Gasteiger partial charge is 0.150 e. The lowest BCUT2D eigenvalue weighted by molar-refractivity contribution is 0.131. The van der Waals surface area contributed by atoms with E-state index in [2.05, 4.69) is 9.80 Å². The van der Waals surface area contributed by atoms with Crippen LogP contribution in [0.15, 0.2) is 0 Å². The Morgan fingerprint density at radius 3 is 1.95 bits per heavy atom. The Morgan fingerprint density at radius 2 is 1.47 bits per heavy atom. The number of nitrogens with two attached hydrogens (primary N) is 1. The van der Waals surface area contributed by atoms with E-state index >= 15 is 0 Å². The van der Waals surface area contributed by atoms with E-state index in [9.17, 15) is 8.42 Å². The van der Waals surface area contributed by atoms with Gasteiger partial charge in [-0.2, -0.15) is 0 Å². The van der Waals surface area contributed by atoms with Crippen LogP contribution in [0.4, 0.5) is 0 Å². The molecule has 0 aromatic heterocycles. The fourth-order valence-corrected chi connectivity index (χ4v) is 3.23. The fourth-order valence-electron chi connectivity index (χ4n) is 2.37. The molecule has 1 aliphatic heterocycles. The number of hydrogen-bond donors (Lipinski definition) is 1. The van der Waals surface area contributed by atoms with Gasteiger partial charge in [-0.05, 0) is 38.9 Å². The summed E-state index contributed by atoms with van der Waals surface area (Å²) in [5.74, 6) is 0.599. The van der Waals surface area contributed by atoms with Gasteiger partial charge in [0.1, 0.15) is 9.84 Å². The molecule has 19 heavy (non-hydrogen) atoms. The Bertz CT molecular complexity index is 325. The largest absolute Gasteiger partial charge is 0.330 e. The normalized spacial score (nSPS) is 18.8. The highest BCUT2D eigenvalue weighted by atomic mass is 32.2. The zero-order valence-electron chi connectivity index (χ0n) is 12.2. The first-order valence-corrected chi connectivity index (χ1v) is 9.24. The maximum atomic E-state index is 11.4. The van der Waals surface area contributed by atoms with Gasteiger partial charge in [0.15, 0.2) is 0 Å². The van der Waals surface area contributed by atoms with Crippen LogP contribution in [0, 0.1) is 0 Å². The van der Waals surface area contributed by atoms with Crippen molar-refractivity contribution in [2.45, 2.75) is 26.2 Å². The van der Waals surface area contributed by atoms with E-state index in [1.807, 2.05) is 0 Å². The first-order chi connectivity index (χ1) is 9.07. The molecule has 1 saturated heterocycles. The van der Waals surface area contributed by atoms with Crippen molar-refractivity contribution in [2.24, 2.45) is 5.73 Å². The molecule has 0 aliphatic carbocycles. The molecule has 0 bridgehead atoms. The number of piperazine rings is 1. The molecule has 0 aromatic carbocycles. The number of nitrogens with zero attached hydrogens (tertiary/aromatic N) is 2. The summed E-state index contributed by atoms with van der Waals surface area (Å²) < 4.78 is 22.8. The molecule has 0 saturated carbocycles. The van der Waals surface area contributed by atoms with Crippen LogP contribution in [0.3, 0.4) is 0 Å². The predicted molar refractivity (Wildman–Crippen MR) is 80.1 cm³/mol. The summed E-state index contributed by atoms with van der Waals surface area (Å²) in [6, 6.07) is 0. The molecule has 0 radical (unpaired) electrons. The van der Waals surface area contributed by atoms with Crippen LogP contribution >= 0.6 is 0 Å². The van der Waals surface area contributed by atoms with Crippen molar-refractivity contribution in [3.05, 3.63) is 0 Å². The number of hydrogen-bond acceptors (Lipinski definition) is 5. The Balaban J connectivity index is 2.10. The average Bonchev–Trinajstić information content (AvgIpc) is 2.41. The Kier molecular flexibility index (Phi) is 7.90. The first kappa shape index (κ1) is 16.9. The van der Waals surface area contributed by atoms with Crippen molar-refractivity contribution in [3.63, 3.8) is 0 Å². The van der Waals surface area contributed by atoms with E-state index in [-0.39, 0.29) is 5.75 Å². The maximum absolute atomic E-state index is 11.4. The van der Waals surface area contributed by atoms with Crippen molar-refractivity contribution in [1.29, 1.82) is 0 Å². The highest BCUT2D eigenvalue weighted by molar-refractivity contribution is 7.91. The van der Waals surface area contributed by atoms with E-state index in [1.54, 1.807) is 6.92 Å². The molecule has 5 nitrogen and oxygen atoms in total. The summed E-state index contributed by atoms with van der Waals surface area (Å²) in [4.78, 5) is 4.86. The summed E-state index contributed by atoms with van der Waals surface area (Å²) in [6.45, 7) is 8.90. The molecule has 1 aliphatic rings. The van der Waals surface area contributed by atoms with E-state index < -0.39 is 9.84 Å². The third-order valence-electron chi connectivity index (χ3n) is 3.76. The lowest BCUT2D eigenvalue weighted by Gasteiger charge is -2.34. The summed E-state index contributed by atoms with van der Waals surface area (Å²) in [5.41, 5.74) is 5.49. The number of sulfone groups is 1. The molecule has 0 aromatic rings. The molecule has 2 N–H and O–H groups in total. The fraction of sp³-hybridized carbons (Fsp3) is 1.00. The van der Waals surface area contributed by atoms with Crippen LogP contribution in [0.25, 0.3) is 0 Å². The zero-order valence-corrected chi connectivity index (χ0v) is 13.0. The van der Waals surface area contributed by atoms with E-state index in [1.165, 1.54) is 6.42 Å². The van der Waals surface area contributed by atoms with Gasteiger partial charge >= 0.3 is 0 Å². The standard InChI is InChI=1S/C13H29N3O2S/c1-2-19(17,18)13-5-8-16-11-9-15(10-12-16)7-4-3-6-14/h2-14H2,1H3. The summed E-state index contributed by atoms with van der Waals surface area (Å²) in [5, 5.41) is 0. The lowest BCUT2D eigenvalue weighted by atomic mass is 10.2. The topological polar surface area (TPSA) is 66.6 Å². The van der Waals surface area contributed by atoms with Gasteiger partial charge < -0.3 is 15.5 Å². The lowest BCUT2D eigenvalue weighted by Crippen LogP contribution is -2.47. The Hall–Kier alpha value is -0.170. The van der Waals surface area contributed by atoms with Crippen molar-refractivity contribution in [1.82, 2.24) is 9.80 Å². The van der Waals surface area contributed by atoms with Gasteiger partial charge in [0.05, 0.1) is 5.75 Å². The number of rotatable bonds is 9. The molecule has 0 spiro atoms. The van der Waals surface area contributed by atoms with Crippen molar-refractivity contribution < 1.29 is 8.42 Å². The predicted octanol–water partition coefficient (Wildman–Crippen LogP) is 0.168. The van der Waals surface area contributed by atoms with Gasteiger partial charge in [-0.15, -0.1) is 0 Å². The molecule has 0 unspecified atom stereocenters. The second-order valence-corrected chi connectivity index (χ2v) is 7.74. The van der Waals surface area contributed by atoms with Crippen LogP contribution in [-0.2, 0) is 9.84 Å². The molecule has 114 valence electrons. The second kappa shape index (κ2) is 8.89. The van der Waals surface area contributed by atoms with Crippen LogP contribution in [0.5, 0.6) is 0 Å². The van der Waals surface area contributed by atoms with Crippen LogP contribution < -0.4 is 5.73 Å². The summed E-state index contributed by atoms with van der Waals surface area (Å²) in [6.07, 6.45) is 3.06. The monoisotopic (exact) mass is 291 g/mol. The maximum Gasteiger partial charge on any atom is 0.150 e. The van der Waals surface area contributed by atoms with Crippen molar-refractivity contribution in [2.75, 3.05) is 57.3 Å².